The van der Waals surface area contributed by atoms with Crippen molar-refractivity contribution in [2.75, 3.05) is 11.1 Å². The van der Waals surface area contributed by atoms with Gasteiger partial charge in [-0.3, -0.25) is 24.8 Å². The number of aromatic amines is 1. The minimum Gasteiger partial charge on any atom is -0.342 e. The van der Waals surface area contributed by atoms with E-state index >= 15 is 0 Å². The molecule has 11 heteroatoms. The number of H-pyrrole nitrogens is 1. The molecule has 1 atom stereocenters. The van der Waals surface area contributed by atoms with E-state index in [1.807, 2.05) is 45.0 Å². The summed E-state index contributed by atoms with van der Waals surface area (Å²) >= 11 is 1.18. The molecule has 0 radical (unpaired) electrons. The number of benzene rings is 2. The van der Waals surface area contributed by atoms with E-state index in [0.717, 1.165) is 17.7 Å². The molecule has 2 aromatic carbocycles. The lowest BCUT2D eigenvalue weighted by Gasteiger charge is -2.19. The number of nitro benzene ring substituents is 1. The summed E-state index contributed by atoms with van der Waals surface area (Å²) in [6.07, 6.45) is 0.812. The van der Waals surface area contributed by atoms with E-state index in [0.29, 0.717) is 11.0 Å². The number of hydrogen-bond donors (Lipinski definition) is 3. The zero-order valence-electron chi connectivity index (χ0n) is 19.1. The van der Waals surface area contributed by atoms with Gasteiger partial charge in [0.15, 0.2) is 0 Å². The second-order valence-electron chi connectivity index (χ2n) is 7.85. The van der Waals surface area contributed by atoms with Crippen molar-refractivity contribution in [1.82, 2.24) is 20.5 Å². The van der Waals surface area contributed by atoms with Crippen LogP contribution in [0.15, 0.2) is 53.7 Å². The maximum atomic E-state index is 12.7. The topological polar surface area (TPSA) is 143 Å². The summed E-state index contributed by atoms with van der Waals surface area (Å²) < 4.78 is 0. The molecule has 0 fully saturated rings. The van der Waals surface area contributed by atoms with Crippen molar-refractivity contribution in [2.24, 2.45) is 5.92 Å². The number of hydrogen-bond acceptors (Lipinski definition) is 7. The number of nitrogens with zero attached hydrogens (tertiary/aromatic N) is 3. The van der Waals surface area contributed by atoms with Gasteiger partial charge in [0, 0.05) is 23.4 Å². The predicted octanol–water partition coefficient (Wildman–Crippen LogP) is 4.13. The molecule has 1 heterocycles. The van der Waals surface area contributed by atoms with Crippen LogP contribution < -0.4 is 10.6 Å². The van der Waals surface area contributed by atoms with Crippen molar-refractivity contribution in [3.8, 4) is 0 Å². The van der Waals surface area contributed by atoms with Crippen LogP contribution in [-0.2, 0) is 11.2 Å². The van der Waals surface area contributed by atoms with Crippen LogP contribution in [-0.4, -0.2) is 37.7 Å². The first-order valence-electron chi connectivity index (χ1n) is 10.8. The Morgan fingerprint density at radius 1 is 1.18 bits per heavy atom. The molecule has 3 N–H and O–H groups in total. The number of aromatic nitrogens is 3. The molecule has 0 unspecified atom stereocenters. The van der Waals surface area contributed by atoms with Crippen LogP contribution >= 0.6 is 11.8 Å². The number of non-ortho nitro benzene ring substituents is 1. The average Bonchev–Trinajstić information content (AvgIpc) is 3.30. The fourth-order valence-corrected chi connectivity index (χ4v) is 3.87. The van der Waals surface area contributed by atoms with Crippen molar-refractivity contribution in [3.63, 3.8) is 0 Å². The number of carbonyl (C=O) groups excluding carboxylic acids is 2. The first-order valence-corrected chi connectivity index (χ1v) is 11.7. The lowest BCUT2D eigenvalue weighted by Crippen LogP contribution is -2.32. The molecule has 0 aliphatic heterocycles. The first kappa shape index (κ1) is 24.9. The van der Waals surface area contributed by atoms with E-state index in [-0.39, 0.29) is 28.8 Å². The molecule has 178 valence electrons. The number of anilines is 1. The van der Waals surface area contributed by atoms with Crippen molar-refractivity contribution in [2.45, 2.75) is 38.4 Å². The van der Waals surface area contributed by atoms with Crippen LogP contribution in [0.4, 0.5) is 11.4 Å². The van der Waals surface area contributed by atoms with E-state index in [4.69, 9.17) is 0 Å². The fourth-order valence-electron chi connectivity index (χ4n) is 3.26. The van der Waals surface area contributed by atoms with Crippen LogP contribution in [0.1, 0.15) is 48.6 Å². The monoisotopic (exact) mass is 482 g/mol. The Hall–Kier alpha value is -3.73. The average molecular weight is 483 g/mol. The van der Waals surface area contributed by atoms with Gasteiger partial charge in [0.05, 0.1) is 16.7 Å². The summed E-state index contributed by atoms with van der Waals surface area (Å²) in [6.45, 7) is 5.84. The van der Waals surface area contributed by atoms with Gasteiger partial charge in [-0.25, -0.2) is 4.98 Å². The molecule has 34 heavy (non-hydrogen) atoms. The Balaban J connectivity index is 1.63. The maximum Gasteiger partial charge on any atom is 0.270 e. The zero-order valence-corrected chi connectivity index (χ0v) is 19.9. The molecule has 0 aliphatic rings. The van der Waals surface area contributed by atoms with Crippen LogP contribution in [0, 0.1) is 16.0 Å². The number of aryl methyl sites for hydroxylation is 1. The molecule has 2 amide bonds. The van der Waals surface area contributed by atoms with Crippen LogP contribution in [0.5, 0.6) is 0 Å². The van der Waals surface area contributed by atoms with Gasteiger partial charge >= 0.3 is 0 Å². The Kier molecular flexibility index (Phi) is 8.36. The van der Waals surface area contributed by atoms with E-state index in [2.05, 4.69) is 25.8 Å². The number of thioether (sulfide) groups is 1. The molecule has 10 nitrogen and oxygen atoms in total. The summed E-state index contributed by atoms with van der Waals surface area (Å²) in [7, 11) is 0. The fraction of sp³-hybridized carbons (Fsp3) is 0.304. The number of carbonyl (C=O) groups is 2. The molecule has 1 aromatic heterocycles. The van der Waals surface area contributed by atoms with Gasteiger partial charge in [0.1, 0.15) is 5.82 Å². The third kappa shape index (κ3) is 6.41. The van der Waals surface area contributed by atoms with Gasteiger partial charge in [-0.2, -0.15) is 0 Å². The van der Waals surface area contributed by atoms with Crippen molar-refractivity contribution in [1.29, 1.82) is 0 Å². The van der Waals surface area contributed by atoms with Gasteiger partial charge in [-0.1, -0.05) is 56.8 Å². The zero-order chi connectivity index (χ0) is 24.7. The lowest BCUT2D eigenvalue weighted by atomic mass is 10.0. The highest BCUT2D eigenvalue weighted by Crippen LogP contribution is 2.23. The van der Waals surface area contributed by atoms with Crippen molar-refractivity contribution < 1.29 is 14.5 Å². The van der Waals surface area contributed by atoms with Gasteiger partial charge in [0.2, 0.25) is 11.1 Å². The molecular weight excluding hydrogens is 456 g/mol. The molecule has 0 aliphatic carbocycles. The third-order valence-corrected chi connectivity index (χ3v) is 5.90. The summed E-state index contributed by atoms with van der Waals surface area (Å²) in [5.74, 6) is -0.101. The summed E-state index contributed by atoms with van der Waals surface area (Å²) in [5, 5.41) is 24.1. The largest absolute Gasteiger partial charge is 0.342 e. The smallest absolute Gasteiger partial charge is 0.270 e. The Morgan fingerprint density at radius 3 is 2.65 bits per heavy atom. The van der Waals surface area contributed by atoms with E-state index in [1.54, 1.807) is 0 Å². The van der Waals surface area contributed by atoms with Gasteiger partial charge in [-0.15, -0.1) is 5.10 Å². The number of amides is 2. The standard InChI is InChI=1S/C23H26N6O4S/c1-4-15-8-5-6-11-18(15)24-19(30)13-34-23-26-21(27-28-23)20(14(2)3)25-22(31)16-9-7-10-17(12-16)29(32)33/h5-12,14,20H,4,13H2,1-3H3,(H,24,30)(H,25,31)(H,26,27,28)/t20-/m1/s1. The Bertz CT molecular complexity index is 1180. The number of rotatable bonds is 10. The van der Waals surface area contributed by atoms with Crippen molar-refractivity contribution >= 4 is 35.0 Å². The number of nitrogens with one attached hydrogen (secondary N) is 3. The van der Waals surface area contributed by atoms with Crippen LogP contribution in [0.2, 0.25) is 0 Å². The second kappa shape index (κ2) is 11.4. The normalized spacial score (nSPS) is 11.8. The summed E-state index contributed by atoms with van der Waals surface area (Å²) in [4.78, 5) is 40.0. The summed E-state index contributed by atoms with van der Waals surface area (Å²) in [6, 6.07) is 12.7. The highest BCUT2D eigenvalue weighted by atomic mass is 32.2. The molecule has 0 bridgehead atoms. The Morgan fingerprint density at radius 2 is 1.94 bits per heavy atom. The third-order valence-electron chi connectivity index (χ3n) is 5.05. The highest BCUT2D eigenvalue weighted by molar-refractivity contribution is 7.99. The molecule has 0 spiro atoms. The first-order chi connectivity index (χ1) is 16.3. The molecule has 0 saturated heterocycles. The van der Waals surface area contributed by atoms with E-state index in [1.165, 1.54) is 36.0 Å². The Labute approximate surface area is 201 Å². The molecule has 3 rings (SSSR count). The molecular formula is C23H26N6O4S. The number of para-hydroxylation sites is 1. The van der Waals surface area contributed by atoms with Crippen LogP contribution in [0.25, 0.3) is 0 Å². The van der Waals surface area contributed by atoms with Gasteiger partial charge < -0.3 is 10.6 Å². The maximum absolute atomic E-state index is 12.7. The summed E-state index contributed by atoms with van der Waals surface area (Å²) in [5.41, 5.74) is 1.86. The van der Waals surface area contributed by atoms with Crippen molar-refractivity contribution in [3.05, 3.63) is 75.6 Å². The lowest BCUT2D eigenvalue weighted by molar-refractivity contribution is -0.384. The minimum atomic E-state index is -0.548. The SMILES string of the molecule is CCc1ccccc1NC(=O)CSc1n[nH]c([C@H](NC(=O)c2cccc([N+](=O)[O-])c2)C(C)C)n1. The minimum absolute atomic E-state index is 0.0395. The number of nitro groups is 1. The van der Waals surface area contributed by atoms with E-state index < -0.39 is 16.9 Å². The molecule has 3 aromatic rings. The van der Waals surface area contributed by atoms with Gasteiger partial charge in [-0.05, 0) is 30.0 Å². The van der Waals surface area contributed by atoms with Crippen LogP contribution in [0.3, 0.4) is 0 Å². The van der Waals surface area contributed by atoms with Gasteiger partial charge in [0.25, 0.3) is 11.6 Å². The quantitative estimate of drug-likeness (QED) is 0.224. The van der Waals surface area contributed by atoms with E-state index in [9.17, 15) is 19.7 Å². The predicted molar refractivity (Wildman–Crippen MR) is 130 cm³/mol. The second-order valence-corrected chi connectivity index (χ2v) is 8.80. The highest BCUT2D eigenvalue weighted by Gasteiger charge is 2.24. The molecule has 0 saturated carbocycles.